The van der Waals surface area contributed by atoms with Crippen molar-refractivity contribution in [1.29, 1.82) is 0 Å². The van der Waals surface area contributed by atoms with Gasteiger partial charge in [-0.25, -0.2) is 0 Å². The van der Waals surface area contributed by atoms with E-state index in [9.17, 15) is 9.90 Å². The van der Waals surface area contributed by atoms with Crippen LogP contribution in [0.2, 0.25) is 0 Å². The van der Waals surface area contributed by atoms with Gasteiger partial charge in [-0.2, -0.15) is 0 Å². The van der Waals surface area contributed by atoms with Crippen LogP contribution in [0.5, 0.6) is 0 Å². The summed E-state index contributed by atoms with van der Waals surface area (Å²) < 4.78 is 0. The maximum Gasteiger partial charge on any atom is 0.228 e. The Morgan fingerprint density at radius 2 is 1.88 bits per heavy atom. The second kappa shape index (κ2) is 7.00. The maximum atomic E-state index is 12.2. The van der Waals surface area contributed by atoms with E-state index < -0.39 is 0 Å². The zero-order valence-corrected chi connectivity index (χ0v) is 11.5. The largest absolute Gasteiger partial charge is 0.396 e. The van der Waals surface area contributed by atoms with Gasteiger partial charge in [-0.3, -0.25) is 4.79 Å². The molecule has 3 heteroatoms. The Morgan fingerprint density at radius 3 is 2.35 bits per heavy atom. The van der Waals surface area contributed by atoms with Gasteiger partial charge < -0.3 is 10.0 Å². The summed E-state index contributed by atoms with van der Waals surface area (Å²) in [6, 6.07) is 0. The van der Waals surface area contributed by atoms with Crippen molar-refractivity contribution in [2.45, 2.75) is 46.0 Å². The third kappa shape index (κ3) is 4.30. The Balaban J connectivity index is 2.44. The van der Waals surface area contributed by atoms with Crippen LogP contribution >= 0.6 is 0 Å². The summed E-state index contributed by atoms with van der Waals surface area (Å²) in [5, 5.41) is 9.27. The molecule has 0 bridgehead atoms. The molecule has 1 saturated carbocycles. The number of nitrogens with zero attached hydrogens (tertiary/aromatic N) is 1. The third-order valence-electron chi connectivity index (χ3n) is 3.95. The van der Waals surface area contributed by atoms with Gasteiger partial charge in [0.15, 0.2) is 0 Å². The van der Waals surface area contributed by atoms with Crippen molar-refractivity contribution >= 4 is 5.91 Å². The lowest BCUT2D eigenvalue weighted by Gasteiger charge is -2.30. The van der Waals surface area contributed by atoms with E-state index in [0.717, 1.165) is 6.54 Å². The number of rotatable bonds is 5. The number of hydrogen-bond donors (Lipinski definition) is 1. The van der Waals surface area contributed by atoms with Gasteiger partial charge in [0.1, 0.15) is 0 Å². The molecule has 1 amide bonds. The summed E-state index contributed by atoms with van der Waals surface area (Å²) in [6.07, 6.45) is 6.46. The first kappa shape index (κ1) is 14.5. The smallest absolute Gasteiger partial charge is 0.228 e. The molecule has 0 aromatic heterocycles. The fourth-order valence-electron chi connectivity index (χ4n) is 2.70. The van der Waals surface area contributed by atoms with Crippen LogP contribution in [0.1, 0.15) is 46.0 Å². The van der Waals surface area contributed by atoms with Gasteiger partial charge in [0.25, 0.3) is 0 Å². The third-order valence-corrected chi connectivity index (χ3v) is 3.95. The normalized spacial score (nSPS) is 19.4. The van der Waals surface area contributed by atoms with E-state index in [-0.39, 0.29) is 24.3 Å². The lowest BCUT2D eigenvalue weighted by molar-refractivity contribution is -0.137. The lowest BCUT2D eigenvalue weighted by atomic mass is 9.88. The molecule has 0 heterocycles. The molecule has 3 nitrogen and oxygen atoms in total. The molecule has 1 aliphatic rings. The van der Waals surface area contributed by atoms with Crippen molar-refractivity contribution in [3.8, 4) is 0 Å². The summed E-state index contributed by atoms with van der Waals surface area (Å²) in [6.45, 7) is 4.81. The van der Waals surface area contributed by atoms with Crippen molar-refractivity contribution in [2.24, 2.45) is 17.8 Å². The van der Waals surface area contributed by atoms with Gasteiger partial charge >= 0.3 is 0 Å². The van der Waals surface area contributed by atoms with Gasteiger partial charge in [0.05, 0.1) is 12.5 Å². The molecule has 1 aliphatic carbocycles. The second-order valence-corrected chi connectivity index (χ2v) is 5.76. The summed E-state index contributed by atoms with van der Waals surface area (Å²) in [5.41, 5.74) is 0. The van der Waals surface area contributed by atoms with E-state index in [1.807, 2.05) is 25.8 Å². The topological polar surface area (TPSA) is 40.5 Å². The van der Waals surface area contributed by atoms with Crippen molar-refractivity contribution in [3.05, 3.63) is 0 Å². The Bertz CT molecular complexity index is 234. The van der Waals surface area contributed by atoms with Crippen molar-refractivity contribution in [3.63, 3.8) is 0 Å². The molecule has 1 fully saturated rings. The number of carbonyl (C=O) groups excluding carboxylic acids is 1. The second-order valence-electron chi connectivity index (χ2n) is 5.76. The van der Waals surface area contributed by atoms with E-state index in [1.54, 1.807) is 0 Å². The highest BCUT2D eigenvalue weighted by Gasteiger charge is 2.26. The molecule has 0 saturated heterocycles. The molecule has 0 radical (unpaired) electrons. The van der Waals surface area contributed by atoms with Crippen LogP contribution in [-0.2, 0) is 4.79 Å². The number of aliphatic hydroxyl groups is 1. The van der Waals surface area contributed by atoms with E-state index in [1.165, 1.54) is 32.1 Å². The van der Waals surface area contributed by atoms with Gasteiger partial charge in [0.2, 0.25) is 5.91 Å². The highest BCUT2D eigenvalue weighted by Crippen LogP contribution is 2.25. The van der Waals surface area contributed by atoms with Gasteiger partial charge in [0, 0.05) is 13.6 Å². The van der Waals surface area contributed by atoms with E-state index in [0.29, 0.717) is 5.92 Å². The molecule has 1 rings (SSSR count). The fourth-order valence-corrected chi connectivity index (χ4v) is 2.70. The van der Waals surface area contributed by atoms with Gasteiger partial charge in [-0.15, -0.1) is 0 Å². The summed E-state index contributed by atoms with van der Waals surface area (Å²) in [5.74, 6) is 0.752. The number of carbonyl (C=O) groups is 1. The molecule has 100 valence electrons. The Morgan fingerprint density at radius 1 is 1.29 bits per heavy atom. The Labute approximate surface area is 105 Å². The fraction of sp³-hybridized carbons (Fsp3) is 0.929. The average molecular weight is 241 g/mol. The summed E-state index contributed by atoms with van der Waals surface area (Å²) in [7, 11) is 1.88. The molecule has 1 unspecified atom stereocenters. The van der Waals surface area contributed by atoms with Crippen molar-refractivity contribution in [2.75, 3.05) is 20.2 Å². The SMILES string of the molecule is CC(C)C(CO)C(=O)N(C)CC1CCCCC1. The number of hydrogen-bond acceptors (Lipinski definition) is 2. The van der Waals surface area contributed by atoms with E-state index in [4.69, 9.17) is 0 Å². The Kier molecular flexibility index (Phi) is 5.96. The van der Waals surface area contributed by atoms with Crippen LogP contribution < -0.4 is 0 Å². The van der Waals surface area contributed by atoms with Crippen LogP contribution in [0.4, 0.5) is 0 Å². The van der Waals surface area contributed by atoms with Crippen LogP contribution in [-0.4, -0.2) is 36.1 Å². The first-order valence-electron chi connectivity index (χ1n) is 6.92. The van der Waals surface area contributed by atoms with Crippen LogP contribution in [0.3, 0.4) is 0 Å². The standard InChI is InChI=1S/C14H27NO2/c1-11(2)13(10-16)14(17)15(3)9-12-7-5-4-6-8-12/h11-13,16H,4-10H2,1-3H3. The molecule has 1 atom stereocenters. The molecule has 1 N–H and O–H groups in total. The zero-order chi connectivity index (χ0) is 12.8. The quantitative estimate of drug-likeness (QED) is 0.802. The monoisotopic (exact) mass is 241 g/mol. The molecule has 17 heavy (non-hydrogen) atoms. The molecule has 0 aromatic carbocycles. The predicted molar refractivity (Wildman–Crippen MR) is 69.6 cm³/mol. The molecular formula is C14H27NO2. The van der Waals surface area contributed by atoms with Crippen LogP contribution in [0.25, 0.3) is 0 Å². The average Bonchev–Trinajstić information content (AvgIpc) is 2.30. The first-order chi connectivity index (χ1) is 8.06. The van der Waals surface area contributed by atoms with Gasteiger partial charge in [-0.05, 0) is 24.7 Å². The highest BCUT2D eigenvalue weighted by atomic mass is 16.3. The van der Waals surface area contributed by atoms with E-state index >= 15 is 0 Å². The van der Waals surface area contributed by atoms with Crippen molar-refractivity contribution in [1.82, 2.24) is 4.90 Å². The maximum absolute atomic E-state index is 12.2. The zero-order valence-electron chi connectivity index (χ0n) is 11.5. The predicted octanol–water partition coefficient (Wildman–Crippen LogP) is 2.29. The highest BCUT2D eigenvalue weighted by molar-refractivity contribution is 5.78. The minimum atomic E-state index is -0.233. The van der Waals surface area contributed by atoms with E-state index in [2.05, 4.69) is 0 Å². The Hall–Kier alpha value is -0.570. The summed E-state index contributed by atoms with van der Waals surface area (Å²) in [4.78, 5) is 14.0. The van der Waals surface area contributed by atoms with Crippen molar-refractivity contribution < 1.29 is 9.90 Å². The summed E-state index contributed by atoms with van der Waals surface area (Å²) >= 11 is 0. The number of amides is 1. The minimum absolute atomic E-state index is 0.0362. The molecule has 0 aromatic rings. The molecule has 0 aliphatic heterocycles. The van der Waals surface area contributed by atoms with Crippen LogP contribution in [0, 0.1) is 17.8 Å². The number of aliphatic hydroxyl groups excluding tert-OH is 1. The first-order valence-corrected chi connectivity index (χ1v) is 6.92. The van der Waals surface area contributed by atoms with Gasteiger partial charge in [-0.1, -0.05) is 33.1 Å². The molecule has 0 spiro atoms. The van der Waals surface area contributed by atoms with Crippen LogP contribution in [0.15, 0.2) is 0 Å². The minimum Gasteiger partial charge on any atom is -0.396 e. The molecular weight excluding hydrogens is 214 g/mol. The lowest BCUT2D eigenvalue weighted by Crippen LogP contribution is -2.40.